The van der Waals surface area contributed by atoms with Gasteiger partial charge in [0.1, 0.15) is 13.2 Å². The van der Waals surface area contributed by atoms with Gasteiger partial charge in [-0.25, -0.2) is 0 Å². The van der Waals surface area contributed by atoms with Crippen LogP contribution in [0.2, 0.25) is 0 Å². The van der Waals surface area contributed by atoms with Crippen LogP contribution in [0.4, 0.5) is 0 Å². The highest BCUT2D eigenvalue weighted by Crippen LogP contribution is 2.16. The van der Waals surface area contributed by atoms with Crippen molar-refractivity contribution in [3.8, 4) is 0 Å². The van der Waals surface area contributed by atoms with Crippen LogP contribution in [0.15, 0.2) is 72.9 Å². The van der Waals surface area contributed by atoms with Crippen LogP contribution in [0.25, 0.3) is 0 Å². The Morgan fingerprint density at radius 2 is 0.542 bits per heavy atom. The lowest BCUT2D eigenvalue weighted by Crippen LogP contribution is -2.30. The summed E-state index contributed by atoms with van der Waals surface area (Å²) in [6.45, 7) is 6.59. The summed E-state index contributed by atoms with van der Waals surface area (Å²) in [6, 6.07) is 0. The fraction of sp³-hybridized carbons (Fsp3) is 0.773. The Bertz CT molecular complexity index is 1340. The predicted molar refractivity (Wildman–Crippen MR) is 311 cm³/mol. The van der Waals surface area contributed by atoms with Gasteiger partial charge in [-0.15, -0.1) is 0 Å². The van der Waals surface area contributed by atoms with Crippen molar-refractivity contribution in [3.63, 3.8) is 0 Å². The van der Waals surface area contributed by atoms with Crippen LogP contribution in [-0.4, -0.2) is 37.2 Å². The predicted octanol–water partition coefficient (Wildman–Crippen LogP) is 20.9. The third-order valence-corrected chi connectivity index (χ3v) is 13.5. The second-order valence-electron chi connectivity index (χ2n) is 20.7. The van der Waals surface area contributed by atoms with E-state index in [9.17, 15) is 14.4 Å². The van der Waals surface area contributed by atoms with Crippen molar-refractivity contribution in [1.82, 2.24) is 0 Å². The molecule has 0 radical (unpaired) electrons. The molecule has 0 aliphatic carbocycles. The Hall–Kier alpha value is -3.15. The minimum atomic E-state index is -0.789. The quantitative estimate of drug-likeness (QED) is 0.0199. The number of hydrogen-bond donors (Lipinski definition) is 0. The smallest absolute Gasteiger partial charge is 0.306 e. The first-order valence-electron chi connectivity index (χ1n) is 31.0. The molecule has 0 saturated carbocycles. The molecule has 0 aliphatic rings. The number of rotatable bonds is 56. The monoisotopic (exact) mass is 1000 g/mol. The normalized spacial score (nSPS) is 12.5. The number of carbonyl (C=O) groups excluding carboxylic acids is 3. The Balaban J connectivity index is 4.41. The average molecular weight is 1010 g/mol. The molecule has 0 aliphatic heterocycles. The highest BCUT2D eigenvalue weighted by molar-refractivity contribution is 5.71. The molecule has 0 saturated heterocycles. The Morgan fingerprint density at radius 1 is 0.292 bits per heavy atom. The highest BCUT2D eigenvalue weighted by atomic mass is 16.6. The van der Waals surface area contributed by atoms with Crippen molar-refractivity contribution in [2.24, 2.45) is 0 Å². The molecule has 1 atom stereocenters. The average Bonchev–Trinajstić information content (AvgIpc) is 3.38. The van der Waals surface area contributed by atoms with Gasteiger partial charge in [0.05, 0.1) is 0 Å². The standard InChI is InChI=1S/C66H116O6/c1-4-7-10-13-16-19-22-25-28-31-33-36-38-41-44-47-50-53-56-59-65(68)71-62-63(61-70-64(67)58-55-52-49-46-43-40-37-34-30-27-24-21-18-15-12-9-6-3)72-66(69)60-57-54-51-48-45-42-39-35-32-29-26-23-20-17-14-11-8-5-2/h16,18-19,21-22,25,27,29-30,32,35,39,63H,4-15,17,20,23-24,26,28,31,33-34,36-38,40-62H2,1-3H3/b19-16-,21-18-,25-22-,30-27-,32-29-,39-35-. The summed E-state index contributed by atoms with van der Waals surface area (Å²) in [5, 5.41) is 0. The van der Waals surface area contributed by atoms with Crippen molar-refractivity contribution < 1.29 is 28.6 Å². The van der Waals surface area contributed by atoms with Crippen molar-refractivity contribution in [3.05, 3.63) is 72.9 Å². The molecule has 0 aromatic rings. The van der Waals surface area contributed by atoms with Crippen LogP contribution in [0.1, 0.15) is 310 Å². The number of esters is 3. The van der Waals surface area contributed by atoms with Gasteiger partial charge < -0.3 is 14.2 Å². The molecule has 72 heavy (non-hydrogen) atoms. The van der Waals surface area contributed by atoms with Gasteiger partial charge in [0.25, 0.3) is 0 Å². The zero-order valence-electron chi connectivity index (χ0n) is 47.7. The SMILES string of the molecule is CCCCC/C=C\C=C/CCCCCCCCCCCCC(=O)OCC(COC(=O)CCCCCCCCC/C=C\C/C=C\CCCCC)OC(=O)CCCCCCC/C=C\C=C/CCCCCCCCC. The lowest BCUT2D eigenvalue weighted by molar-refractivity contribution is -0.167. The molecule has 1 unspecified atom stereocenters. The van der Waals surface area contributed by atoms with Crippen LogP contribution in [0.3, 0.4) is 0 Å². The van der Waals surface area contributed by atoms with E-state index in [1.54, 1.807) is 0 Å². The van der Waals surface area contributed by atoms with Crippen LogP contribution in [-0.2, 0) is 28.6 Å². The summed E-state index contributed by atoms with van der Waals surface area (Å²) >= 11 is 0. The first-order valence-corrected chi connectivity index (χ1v) is 31.0. The Morgan fingerprint density at radius 3 is 0.875 bits per heavy atom. The van der Waals surface area contributed by atoms with E-state index < -0.39 is 6.10 Å². The molecule has 0 heterocycles. The highest BCUT2D eigenvalue weighted by Gasteiger charge is 2.19. The second-order valence-corrected chi connectivity index (χ2v) is 20.7. The lowest BCUT2D eigenvalue weighted by Gasteiger charge is -2.18. The molecular weight excluding hydrogens is 889 g/mol. The van der Waals surface area contributed by atoms with Gasteiger partial charge in [0.2, 0.25) is 0 Å². The van der Waals surface area contributed by atoms with E-state index in [1.165, 1.54) is 180 Å². The number of hydrogen-bond acceptors (Lipinski definition) is 6. The van der Waals surface area contributed by atoms with E-state index in [4.69, 9.17) is 14.2 Å². The van der Waals surface area contributed by atoms with Gasteiger partial charge in [-0.05, 0) is 103 Å². The summed E-state index contributed by atoms with van der Waals surface area (Å²) in [7, 11) is 0. The van der Waals surface area contributed by atoms with E-state index >= 15 is 0 Å². The van der Waals surface area contributed by atoms with Gasteiger partial charge in [0, 0.05) is 19.3 Å². The third kappa shape index (κ3) is 57.7. The minimum Gasteiger partial charge on any atom is -0.462 e. The zero-order chi connectivity index (χ0) is 52.2. The second kappa shape index (κ2) is 60.4. The lowest BCUT2D eigenvalue weighted by atomic mass is 10.1. The molecule has 6 heteroatoms. The third-order valence-electron chi connectivity index (χ3n) is 13.5. The number of ether oxygens (including phenoxy) is 3. The Labute approximate surface area is 446 Å². The van der Waals surface area contributed by atoms with Crippen molar-refractivity contribution >= 4 is 17.9 Å². The Kier molecular flexibility index (Phi) is 57.8. The molecule has 6 nitrogen and oxygen atoms in total. The summed E-state index contributed by atoms with van der Waals surface area (Å²) in [5.74, 6) is -0.899. The van der Waals surface area contributed by atoms with E-state index in [-0.39, 0.29) is 31.1 Å². The molecule has 416 valence electrons. The van der Waals surface area contributed by atoms with Gasteiger partial charge in [0.15, 0.2) is 6.10 Å². The molecule has 0 N–H and O–H groups in total. The van der Waals surface area contributed by atoms with Crippen molar-refractivity contribution in [2.45, 2.75) is 316 Å². The van der Waals surface area contributed by atoms with Gasteiger partial charge in [-0.2, -0.15) is 0 Å². The van der Waals surface area contributed by atoms with Crippen LogP contribution >= 0.6 is 0 Å². The fourth-order valence-corrected chi connectivity index (χ4v) is 8.75. The molecule has 0 bridgehead atoms. The molecule has 0 fully saturated rings. The van der Waals surface area contributed by atoms with E-state index in [0.29, 0.717) is 19.3 Å². The van der Waals surface area contributed by atoms with Gasteiger partial charge >= 0.3 is 17.9 Å². The first-order chi connectivity index (χ1) is 35.5. The summed E-state index contributed by atoms with van der Waals surface area (Å²) in [6.07, 6.45) is 77.5. The van der Waals surface area contributed by atoms with E-state index in [0.717, 1.165) is 89.9 Å². The molecule has 0 aromatic carbocycles. The number of allylic oxidation sites excluding steroid dienone is 12. The summed E-state index contributed by atoms with van der Waals surface area (Å²) in [5.41, 5.74) is 0. The van der Waals surface area contributed by atoms with Crippen molar-refractivity contribution in [2.75, 3.05) is 13.2 Å². The van der Waals surface area contributed by atoms with Gasteiger partial charge in [-0.1, -0.05) is 261 Å². The maximum atomic E-state index is 12.9. The largest absolute Gasteiger partial charge is 0.462 e. The van der Waals surface area contributed by atoms with Crippen molar-refractivity contribution in [1.29, 1.82) is 0 Å². The first kappa shape index (κ1) is 68.8. The molecule has 0 aromatic heterocycles. The topological polar surface area (TPSA) is 78.9 Å². The summed E-state index contributed by atoms with van der Waals surface area (Å²) < 4.78 is 16.9. The minimum absolute atomic E-state index is 0.0852. The maximum absolute atomic E-state index is 12.9. The molecule has 0 rings (SSSR count). The molecular formula is C66H116O6. The number of carbonyl (C=O) groups is 3. The fourth-order valence-electron chi connectivity index (χ4n) is 8.75. The van der Waals surface area contributed by atoms with Gasteiger partial charge in [-0.3, -0.25) is 14.4 Å². The van der Waals surface area contributed by atoms with Crippen LogP contribution in [0.5, 0.6) is 0 Å². The van der Waals surface area contributed by atoms with E-state index in [1.807, 2.05) is 0 Å². The maximum Gasteiger partial charge on any atom is 0.306 e. The zero-order valence-corrected chi connectivity index (χ0v) is 47.7. The van der Waals surface area contributed by atoms with E-state index in [2.05, 4.69) is 93.7 Å². The van der Waals surface area contributed by atoms with Crippen LogP contribution < -0.4 is 0 Å². The molecule has 0 spiro atoms. The summed E-state index contributed by atoms with van der Waals surface area (Å²) in [4.78, 5) is 38.3. The molecule has 0 amide bonds. The number of unbranched alkanes of at least 4 members (excludes halogenated alkanes) is 35. The van der Waals surface area contributed by atoms with Crippen LogP contribution in [0, 0.1) is 0 Å².